The molecule has 1 aliphatic rings. The van der Waals surface area contributed by atoms with Crippen molar-refractivity contribution in [2.45, 2.75) is 20.3 Å². The number of rotatable bonds is 6. The van der Waals surface area contributed by atoms with Gasteiger partial charge in [0.1, 0.15) is 17.5 Å². The number of pyridine rings is 2. The van der Waals surface area contributed by atoms with Crippen LogP contribution in [-0.4, -0.2) is 47.5 Å². The molecule has 28 heavy (non-hydrogen) atoms. The van der Waals surface area contributed by atoms with Gasteiger partial charge in [-0.1, -0.05) is 6.07 Å². The molecular formula is C21H23N5O2. The molecule has 2 aromatic rings. The highest BCUT2D eigenvalue weighted by atomic mass is 16.2. The summed E-state index contributed by atoms with van der Waals surface area (Å²) in [6.45, 7) is 5.02. The van der Waals surface area contributed by atoms with Crippen molar-refractivity contribution in [2.24, 2.45) is 4.99 Å². The number of hydrogen-bond acceptors (Lipinski definition) is 7. The third-order valence-corrected chi connectivity index (χ3v) is 4.48. The van der Waals surface area contributed by atoms with E-state index >= 15 is 0 Å². The molecule has 0 saturated heterocycles. The van der Waals surface area contributed by atoms with Crippen LogP contribution in [0.5, 0.6) is 0 Å². The summed E-state index contributed by atoms with van der Waals surface area (Å²) in [5, 5.41) is 0. The molecule has 3 rings (SSSR count). The second-order valence-corrected chi connectivity index (χ2v) is 6.56. The van der Waals surface area contributed by atoms with Crippen molar-refractivity contribution in [1.82, 2.24) is 9.97 Å². The highest BCUT2D eigenvalue weighted by molar-refractivity contribution is 6.40. The van der Waals surface area contributed by atoms with Crippen LogP contribution >= 0.6 is 0 Å². The SMILES string of the molecule is CC(=O)C(=O)/C=C\N(C)c1cc(-c2cccc(N3CCCN=C3C)n2)ccn1. The molecule has 0 fully saturated rings. The van der Waals surface area contributed by atoms with E-state index in [4.69, 9.17) is 4.98 Å². The lowest BCUT2D eigenvalue weighted by atomic mass is 10.1. The lowest BCUT2D eigenvalue weighted by Crippen LogP contribution is -2.34. The second kappa shape index (κ2) is 8.56. The Kier molecular flexibility index (Phi) is 5.93. The Balaban J connectivity index is 1.85. The van der Waals surface area contributed by atoms with Crippen LogP contribution in [0.2, 0.25) is 0 Å². The van der Waals surface area contributed by atoms with Crippen molar-refractivity contribution < 1.29 is 9.59 Å². The molecule has 0 N–H and O–H groups in total. The van der Waals surface area contributed by atoms with Crippen LogP contribution in [0.25, 0.3) is 11.3 Å². The van der Waals surface area contributed by atoms with E-state index in [9.17, 15) is 9.59 Å². The Morgan fingerprint density at radius 3 is 2.82 bits per heavy atom. The first-order chi connectivity index (χ1) is 13.5. The Morgan fingerprint density at radius 1 is 1.25 bits per heavy atom. The molecule has 0 radical (unpaired) electrons. The van der Waals surface area contributed by atoms with E-state index in [2.05, 4.69) is 14.9 Å². The van der Waals surface area contributed by atoms with Gasteiger partial charge in [0.2, 0.25) is 5.78 Å². The van der Waals surface area contributed by atoms with E-state index in [1.165, 1.54) is 19.2 Å². The van der Waals surface area contributed by atoms with Gasteiger partial charge >= 0.3 is 0 Å². The minimum absolute atomic E-state index is 0.496. The van der Waals surface area contributed by atoms with Gasteiger partial charge in [0.05, 0.1) is 5.69 Å². The largest absolute Gasteiger partial charge is 0.336 e. The highest BCUT2D eigenvalue weighted by Crippen LogP contribution is 2.24. The van der Waals surface area contributed by atoms with E-state index < -0.39 is 11.6 Å². The number of anilines is 2. The van der Waals surface area contributed by atoms with Gasteiger partial charge in [-0.15, -0.1) is 0 Å². The first kappa shape index (κ1) is 19.4. The Morgan fingerprint density at radius 2 is 2.07 bits per heavy atom. The van der Waals surface area contributed by atoms with Crippen molar-refractivity contribution in [3.8, 4) is 11.3 Å². The van der Waals surface area contributed by atoms with E-state index in [0.717, 1.165) is 42.4 Å². The van der Waals surface area contributed by atoms with Crippen molar-refractivity contribution in [3.63, 3.8) is 0 Å². The summed E-state index contributed by atoms with van der Waals surface area (Å²) in [7, 11) is 1.77. The monoisotopic (exact) mass is 377 g/mol. The molecule has 0 aliphatic carbocycles. The van der Waals surface area contributed by atoms with E-state index in [-0.39, 0.29) is 0 Å². The molecule has 0 unspecified atom stereocenters. The molecule has 3 heterocycles. The molecule has 1 aliphatic heterocycles. The third-order valence-electron chi connectivity index (χ3n) is 4.48. The normalized spacial score (nSPS) is 14.1. The zero-order valence-corrected chi connectivity index (χ0v) is 16.3. The quantitative estimate of drug-likeness (QED) is 0.569. The van der Waals surface area contributed by atoms with E-state index in [1.54, 1.807) is 18.1 Å². The molecule has 0 bridgehead atoms. The first-order valence-electron chi connectivity index (χ1n) is 9.13. The standard InChI is InChI=1S/C21H23N5O2/c1-15(27)19(28)9-13-25(3)21-14-17(8-11-23-21)18-6-4-7-20(24-18)26-12-5-10-22-16(26)2/h4,6-9,11,13-14H,5,10,12H2,1-3H3/b13-9-. The summed E-state index contributed by atoms with van der Waals surface area (Å²) >= 11 is 0. The Bertz CT molecular complexity index is 951. The maximum absolute atomic E-state index is 11.5. The maximum Gasteiger partial charge on any atom is 0.222 e. The summed E-state index contributed by atoms with van der Waals surface area (Å²) in [6, 6.07) is 9.71. The minimum Gasteiger partial charge on any atom is -0.336 e. The minimum atomic E-state index is -0.545. The number of aliphatic imine (C=N–C) groups is 1. The fraction of sp³-hybridized carbons (Fsp3) is 0.286. The summed E-state index contributed by atoms with van der Waals surface area (Å²) in [6.07, 6.45) is 5.49. The fourth-order valence-electron chi connectivity index (χ4n) is 2.88. The molecule has 0 saturated carbocycles. The third kappa shape index (κ3) is 4.49. The van der Waals surface area contributed by atoms with Crippen LogP contribution in [0.15, 0.2) is 53.8 Å². The molecule has 0 aromatic carbocycles. The molecule has 0 amide bonds. The van der Waals surface area contributed by atoms with Crippen molar-refractivity contribution in [3.05, 3.63) is 48.8 Å². The predicted octanol–water partition coefficient (Wildman–Crippen LogP) is 2.88. The van der Waals surface area contributed by atoms with Gasteiger partial charge in [0, 0.05) is 51.1 Å². The number of carbonyl (C=O) groups excluding carboxylic acids is 2. The van der Waals surface area contributed by atoms with Crippen molar-refractivity contribution >= 4 is 29.0 Å². The van der Waals surface area contributed by atoms with Crippen LogP contribution < -0.4 is 9.80 Å². The number of aromatic nitrogens is 2. The van der Waals surface area contributed by atoms with Gasteiger partial charge in [-0.25, -0.2) is 9.97 Å². The molecule has 7 heteroatoms. The summed E-state index contributed by atoms with van der Waals surface area (Å²) < 4.78 is 0. The van der Waals surface area contributed by atoms with Crippen LogP contribution in [0.3, 0.4) is 0 Å². The number of Topliss-reactive ketones (excluding diaryl/α,β-unsaturated/α-hetero) is 1. The number of hydrogen-bond donors (Lipinski definition) is 0. The maximum atomic E-state index is 11.5. The average molecular weight is 377 g/mol. The number of nitrogens with zero attached hydrogens (tertiary/aromatic N) is 5. The first-order valence-corrected chi connectivity index (χ1v) is 9.13. The summed E-state index contributed by atoms with van der Waals surface area (Å²) in [5.41, 5.74) is 1.74. The smallest absolute Gasteiger partial charge is 0.222 e. The second-order valence-electron chi connectivity index (χ2n) is 6.56. The van der Waals surface area contributed by atoms with Crippen LogP contribution in [0, 0.1) is 0 Å². The zero-order chi connectivity index (χ0) is 20.1. The molecular weight excluding hydrogens is 354 g/mol. The average Bonchev–Trinajstić information content (AvgIpc) is 2.72. The van der Waals surface area contributed by atoms with Crippen LogP contribution in [0.1, 0.15) is 20.3 Å². The molecule has 7 nitrogen and oxygen atoms in total. The van der Waals surface area contributed by atoms with Gasteiger partial charge in [-0.05, 0) is 37.6 Å². The summed E-state index contributed by atoms with van der Waals surface area (Å²) in [5.74, 6) is 1.45. The fourth-order valence-corrected chi connectivity index (χ4v) is 2.88. The molecule has 2 aromatic heterocycles. The lowest BCUT2D eigenvalue weighted by molar-refractivity contribution is -0.132. The van der Waals surface area contributed by atoms with Gasteiger partial charge in [-0.2, -0.15) is 0 Å². The number of ketones is 2. The van der Waals surface area contributed by atoms with Crippen molar-refractivity contribution in [1.29, 1.82) is 0 Å². The number of allylic oxidation sites excluding steroid dienone is 1. The van der Waals surface area contributed by atoms with Gasteiger partial charge in [0.15, 0.2) is 5.78 Å². The molecule has 0 spiro atoms. The van der Waals surface area contributed by atoms with E-state index in [0.29, 0.717) is 5.82 Å². The zero-order valence-electron chi connectivity index (χ0n) is 16.3. The van der Waals surface area contributed by atoms with Gasteiger partial charge < -0.3 is 9.80 Å². The number of carbonyl (C=O) groups is 2. The molecule has 144 valence electrons. The topological polar surface area (TPSA) is 78.8 Å². The van der Waals surface area contributed by atoms with Crippen LogP contribution in [0.4, 0.5) is 11.6 Å². The van der Waals surface area contributed by atoms with Gasteiger partial charge in [-0.3, -0.25) is 14.6 Å². The number of amidine groups is 1. The Labute approximate surface area is 164 Å². The van der Waals surface area contributed by atoms with Crippen molar-refractivity contribution in [2.75, 3.05) is 29.9 Å². The van der Waals surface area contributed by atoms with Gasteiger partial charge in [0.25, 0.3) is 0 Å². The summed E-state index contributed by atoms with van der Waals surface area (Å²) in [4.78, 5) is 40.0. The van der Waals surface area contributed by atoms with E-state index in [1.807, 2.05) is 37.3 Å². The highest BCUT2D eigenvalue weighted by Gasteiger charge is 2.15. The molecule has 0 atom stereocenters. The Hall–Kier alpha value is -3.35. The van der Waals surface area contributed by atoms with Crippen LogP contribution in [-0.2, 0) is 9.59 Å². The predicted molar refractivity (Wildman–Crippen MR) is 111 cm³/mol. The lowest BCUT2D eigenvalue weighted by Gasteiger charge is -2.26.